The Bertz CT molecular complexity index is 628. The second-order valence-electron chi connectivity index (χ2n) is 5.21. The highest BCUT2D eigenvalue weighted by molar-refractivity contribution is 7.15. The van der Waals surface area contributed by atoms with Crippen molar-refractivity contribution in [2.45, 2.75) is 39.2 Å². The van der Waals surface area contributed by atoms with Crippen LogP contribution in [0.1, 0.15) is 42.4 Å². The van der Waals surface area contributed by atoms with Crippen molar-refractivity contribution in [3.63, 3.8) is 0 Å². The van der Waals surface area contributed by atoms with Crippen molar-refractivity contribution in [1.29, 1.82) is 5.26 Å². The molecule has 1 aliphatic heterocycles. The highest BCUT2D eigenvalue weighted by atomic mass is 32.1. The van der Waals surface area contributed by atoms with E-state index in [9.17, 15) is 5.26 Å². The summed E-state index contributed by atoms with van der Waals surface area (Å²) in [5.41, 5.74) is 3.23. The number of nitriles is 1. The predicted octanol–water partition coefficient (Wildman–Crippen LogP) is 3.06. The minimum Gasteiger partial charge on any atom is -0.289 e. The van der Waals surface area contributed by atoms with Gasteiger partial charge in [-0.25, -0.2) is 4.98 Å². The van der Waals surface area contributed by atoms with Crippen molar-refractivity contribution in [1.82, 2.24) is 14.3 Å². The van der Waals surface area contributed by atoms with E-state index in [4.69, 9.17) is 0 Å². The van der Waals surface area contributed by atoms with Gasteiger partial charge in [0.1, 0.15) is 6.04 Å². The van der Waals surface area contributed by atoms with Gasteiger partial charge in [-0.1, -0.05) is 6.42 Å². The van der Waals surface area contributed by atoms with Crippen molar-refractivity contribution in [2.75, 3.05) is 13.1 Å². The van der Waals surface area contributed by atoms with E-state index in [0.29, 0.717) is 0 Å². The van der Waals surface area contributed by atoms with Crippen LogP contribution in [0.25, 0.3) is 4.96 Å². The van der Waals surface area contributed by atoms with Crippen molar-refractivity contribution in [3.05, 3.63) is 22.5 Å². The van der Waals surface area contributed by atoms with Gasteiger partial charge in [0.25, 0.3) is 0 Å². The van der Waals surface area contributed by atoms with E-state index in [2.05, 4.69) is 32.7 Å². The van der Waals surface area contributed by atoms with Crippen LogP contribution in [-0.2, 0) is 0 Å². The number of imidazole rings is 1. The Morgan fingerprint density at radius 2 is 2.05 bits per heavy atom. The molecule has 3 heterocycles. The number of hydrogen-bond donors (Lipinski definition) is 0. The third kappa shape index (κ3) is 2.05. The molecule has 0 saturated carbocycles. The Labute approximate surface area is 117 Å². The molecule has 19 heavy (non-hydrogen) atoms. The molecule has 0 N–H and O–H groups in total. The van der Waals surface area contributed by atoms with Gasteiger partial charge in [0, 0.05) is 11.1 Å². The molecular formula is C14H18N4S. The lowest BCUT2D eigenvalue weighted by atomic mass is 10.1. The first-order valence-corrected chi connectivity index (χ1v) is 7.67. The van der Waals surface area contributed by atoms with Crippen LogP contribution in [0.5, 0.6) is 0 Å². The second kappa shape index (κ2) is 4.95. The maximum absolute atomic E-state index is 9.63. The van der Waals surface area contributed by atoms with Gasteiger partial charge in [-0.05, 0) is 39.8 Å². The second-order valence-corrected chi connectivity index (χ2v) is 6.04. The lowest BCUT2D eigenvalue weighted by Gasteiger charge is -2.30. The topological polar surface area (TPSA) is 44.3 Å². The maximum atomic E-state index is 9.63. The van der Waals surface area contributed by atoms with Crippen LogP contribution >= 0.6 is 11.3 Å². The fourth-order valence-corrected chi connectivity index (χ4v) is 3.86. The van der Waals surface area contributed by atoms with E-state index in [1.807, 2.05) is 6.92 Å². The van der Waals surface area contributed by atoms with Crippen molar-refractivity contribution >= 4 is 16.3 Å². The minimum atomic E-state index is -0.163. The molecule has 5 heteroatoms. The molecule has 1 aliphatic rings. The van der Waals surface area contributed by atoms with Gasteiger partial charge in [-0.15, -0.1) is 11.3 Å². The normalized spacial score (nSPS) is 18.6. The summed E-state index contributed by atoms with van der Waals surface area (Å²) in [5.74, 6) is 0. The van der Waals surface area contributed by atoms with Crippen LogP contribution in [0.4, 0.5) is 0 Å². The monoisotopic (exact) mass is 274 g/mol. The number of thiazole rings is 1. The van der Waals surface area contributed by atoms with Gasteiger partial charge in [0.05, 0.1) is 17.5 Å². The van der Waals surface area contributed by atoms with Crippen LogP contribution in [-0.4, -0.2) is 27.4 Å². The molecule has 0 aliphatic carbocycles. The number of nitrogens with zero attached hydrogens (tertiary/aromatic N) is 4. The summed E-state index contributed by atoms with van der Waals surface area (Å²) in [7, 11) is 0. The Balaban J connectivity index is 2.07. The smallest absolute Gasteiger partial charge is 0.194 e. The summed E-state index contributed by atoms with van der Waals surface area (Å²) < 4.78 is 2.16. The molecule has 100 valence electrons. The van der Waals surface area contributed by atoms with Crippen molar-refractivity contribution in [2.24, 2.45) is 0 Å². The van der Waals surface area contributed by atoms with Crippen LogP contribution in [0, 0.1) is 25.2 Å². The van der Waals surface area contributed by atoms with E-state index in [1.165, 1.54) is 25.0 Å². The molecule has 0 bridgehead atoms. The number of aryl methyl sites for hydroxylation is 2. The molecule has 3 rings (SSSR count). The summed E-state index contributed by atoms with van der Waals surface area (Å²) in [6.45, 7) is 6.14. The first-order chi connectivity index (χ1) is 9.22. The van der Waals surface area contributed by atoms with Crippen LogP contribution in [0.2, 0.25) is 0 Å². The number of fused-ring (bicyclic) bond motifs is 1. The number of aromatic nitrogens is 2. The molecule has 1 unspecified atom stereocenters. The third-order valence-electron chi connectivity index (χ3n) is 3.89. The van der Waals surface area contributed by atoms with Gasteiger partial charge >= 0.3 is 0 Å². The fourth-order valence-electron chi connectivity index (χ4n) is 2.94. The Morgan fingerprint density at radius 3 is 2.74 bits per heavy atom. The quantitative estimate of drug-likeness (QED) is 0.845. The standard InChI is InChI=1S/C14H18N4S/c1-10-9-19-14-16-11(2)13(18(10)14)12(8-15)17-6-4-3-5-7-17/h9,12H,3-7H2,1-2H3. The lowest BCUT2D eigenvalue weighted by Crippen LogP contribution is -2.34. The van der Waals surface area contributed by atoms with Crippen molar-refractivity contribution < 1.29 is 0 Å². The molecule has 0 spiro atoms. The SMILES string of the molecule is Cc1nc2scc(C)n2c1C(C#N)N1CCCCC1. The lowest BCUT2D eigenvalue weighted by molar-refractivity contribution is 0.192. The van der Waals surface area contributed by atoms with Crippen LogP contribution < -0.4 is 0 Å². The van der Waals surface area contributed by atoms with Crippen molar-refractivity contribution in [3.8, 4) is 6.07 Å². The van der Waals surface area contributed by atoms with E-state index in [0.717, 1.165) is 29.4 Å². The Kier molecular flexibility index (Phi) is 3.29. The number of rotatable bonds is 2. The predicted molar refractivity (Wildman–Crippen MR) is 76.3 cm³/mol. The highest BCUT2D eigenvalue weighted by Gasteiger charge is 2.27. The summed E-state index contributed by atoms with van der Waals surface area (Å²) in [4.78, 5) is 7.91. The van der Waals surface area contributed by atoms with Crippen LogP contribution in [0.15, 0.2) is 5.38 Å². The third-order valence-corrected chi connectivity index (χ3v) is 4.83. The largest absolute Gasteiger partial charge is 0.289 e. The van der Waals surface area contributed by atoms with E-state index >= 15 is 0 Å². The molecule has 1 fully saturated rings. The zero-order valence-electron chi connectivity index (χ0n) is 11.4. The first kappa shape index (κ1) is 12.6. The van der Waals surface area contributed by atoms with Gasteiger partial charge in [-0.3, -0.25) is 9.30 Å². The number of likely N-dealkylation sites (tertiary alicyclic amines) is 1. The van der Waals surface area contributed by atoms with Crippen LogP contribution in [0.3, 0.4) is 0 Å². The Hall–Kier alpha value is -1.38. The number of piperidine rings is 1. The highest BCUT2D eigenvalue weighted by Crippen LogP contribution is 2.30. The average Bonchev–Trinajstić information content (AvgIpc) is 2.93. The summed E-state index contributed by atoms with van der Waals surface area (Å²) in [6, 6.07) is 2.33. The molecular weight excluding hydrogens is 256 g/mol. The summed E-state index contributed by atoms with van der Waals surface area (Å²) in [5, 5.41) is 11.7. The molecule has 0 aromatic carbocycles. The molecule has 1 saturated heterocycles. The molecule has 2 aromatic rings. The molecule has 2 aromatic heterocycles. The molecule has 0 radical (unpaired) electrons. The number of hydrogen-bond acceptors (Lipinski definition) is 4. The Morgan fingerprint density at radius 1 is 1.32 bits per heavy atom. The van der Waals surface area contributed by atoms with Gasteiger partial charge < -0.3 is 0 Å². The van der Waals surface area contributed by atoms with Gasteiger partial charge in [0.15, 0.2) is 4.96 Å². The fraction of sp³-hybridized carbons (Fsp3) is 0.571. The summed E-state index contributed by atoms with van der Waals surface area (Å²) in [6.07, 6.45) is 3.68. The zero-order chi connectivity index (χ0) is 13.4. The van der Waals surface area contributed by atoms with E-state index < -0.39 is 0 Å². The average molecular weight is 274 g/mol. The van der Waals surface area contributed by atoms with Gasteiger partial charge in [0.2, 0.25) is 0 Å². The zero-order valence-corrected chi connectivity index (χ0v) is 12.2. The maximum Gasteiger partial charge on any atom is 0.194 e. The first-order valence-electron chi connectivity index (χ1n) is 6.79. The van der Waals surface area contributed by atoms with E-state index in [-0.39, 0.29) is 6.04 Å². The molecule has 1 atom stereocenters. The summed E-state index contributed by atoms with van der Waals surface area (Å²) >= 11 is 1.65. The van der Waals surface area contributed by atoms with Gasteiger partial charge in [-0.2, -0.15) is 5.26 Å². The van der Waals surface area contributed by atoms with E-state index in [1.54, 1.807) is 11.3 Å². The molecule has 4 nitrogen and oxygen atoms in total. The minimum absolute atomic E-state index is 0.163. The molecule has 0 amide bonds.